The van der Waals surface area contributed by atoms with Crippen molar-refractivity contribution in [2.75, 3.05) is 64.7 Å². The van der Waals surface area contributed by atoms with Crippen LogP contribution in [-0.2, 0) is 54.3 Å². The molecule has 0 spiro atoms. The Hall–Kier alpha value is -3.76. The number of nitrogens with one attached hydrogen (secondary N) is 3. The van der Waals surface area contributed by atoms with Crippen LogP contribution in [-0.4, -0.2) is 106 Å². The summed E-state index contributed by atoms with van der Waals surface area (Å²) >= 11 is 0. The molecule has 1 aromatic carbocycles. The number of ketones is 3. The van der Waals surface area contributed by atoms with Crippen LogP contribution in [0.25, 0.3) is 0 Å². The van der Waals surface area contributed by atoms with Crippen LogP contribution in [0.3, 0.4) is 0 Å². The van der Waals surface area contributed by atoms with Crippen molar-refractivity contribution < 1.29 is 52.5 Å². The first-order valence-electron chi connectivity index (χ1n) is 19.7. The topological polar surface area (TPSA) is 211 Å². The summed E-state index contributed by atoms with van der Waals surface area (Å²) in [5.74, 6) is -1.83. The molecule has 0 fully saturated rings. The van der Waals surface area contributed by atoms with Crippen LogP contribution in [0.4, 0.5) is 10.5 Å². The van der Waals surface area contributed by atoms with Crippen molar-refractivity contribution in [1.82, 2.24) is 10.6 Å². The summed E-state index contributed by atoms with van der Waals surface area (Å²) in [6.07, 6.45) is 1.49. The van der Waals surface area contributed by atoms with E-state index in [-0.39, 0.29) is 98.5 Å². The fourth-order valence-electron chi connectivity index (χ4n) is 5.14. The third-order valence-electron chi connectivity index (χ3n) is 8.48. The highest BCUT2D eigenvalue weighted by Gasteiger charge is 2.29. The Kier molecular flexibility index (Phi) is 25.7. The number of hydrogen-bond acceptors (Lipinski definition) is 11. The molecule has 0 saturated carbocycles. The highest BCUT2D eigenvalue weighted by Crippen LogP contribution is 2.20. The molecular weight excluding hydrogens is 724 g/mol. The second kappa shape index (κ2) is 28.6. The normalized spacial score (nSPS) is 12.7. The molecule has 2 atom stereocenters. The molecule has 1 aromatic rings. The van der Waals surface area contributed by atoms with Gasteiger partial charge in [-0.1, -0.05) is 39.8 Å². The average molecular weight is 793 g/mol. The van der Waals surface area contributed by atoms with Gasteiger partial charge in [-0.2, -0.15) is 0 Å². The van der Waals surface area contributed by atoms with Crippen LogP contribution in [0.15, 0.2) is 24.3 Å². The summed E-state index contributed by atoms with van der Waals surface area (Å²) in [4.78, 5) is 74.3. The number of benzene rings is 1. The quantitative estimate of drug-likeness (QED) is 0.0745. The number of amides is 4. The van der Waals surface area contributed by atoms with E-state index in [0.717, 1.165) is 5.56 Å². The lowest BCUT2D eigenvalue weighted by molar-refractivity contribution is -0.131. The van der Waals surface area contributed by atoms with Gasteiger partial charge in [0, 0.05) is 56.2 Å². The number of urea groups is 1. The fourth-order valence-corrected chi connectivity index (χ4v) is 5.14. The van der Waals surface area contributed by atoms with Gasteiger partial charge in [-0.3, -0.25) is 24.0 Å². The Morgan fingerprint density at radius 2 is 1.27 bits per heavy atom. The summed E-state index contributed by atoms with van der Waals surface area (Å²) < 4.78 is 27.7. The van der Waals surface area contributed by atoms with Crippen molar-refractivity contribution in [2.24, 2.45) is 23.5 Å². The third kappa shape index (κ3) is 25.4. The van der Waals surface area contributed by atoms with Crippen molar-refractivity contribution >= 4 is 40.9 Å². The average Bonchev–Trinajstić information content (AvgIpc) is 3.13. The number of nitrogens with two attached hydrogens (primary N) is 1. The minimum absolute atomic E-state index is 0.0137. The van der Waals surface area contributed by atoms with Crippen LogP contribution in [0.2, 0.25) is 0 Å². The molecule has 1 rings (SSSR count). The Labute approximate surface area is 333 Å². The number of carbonyl (C=O) groups is 6. The lowest BCUT2D eigenvalue weighted by Gasteiger charge is -2.24. The molecule has 0 bridgehead atoms. The number of Topliss-reactive ketones (excluding diaryl/α,β-unsaturated/α-hetero) is 3. The van der Waals surface area contributed by atoms with Crippen molar-refractivity contribution in [3.63, 3.8) is 0 Å². The molecule has 5 N–H and O–H groups in total. The molecular formula is C41H68N4O11. The monoisotopic (exact) mass is 792 g/mol. The Balaban J connectivity index is 2.40. The van der Waals surface area contributed by atoms with Crippen LogP contribution < -0.4 is 21.7 Å². The third-order valence-corrected chi connectivity index (χ3v) is 8.48. The van der Waals surface area contributed by atoms with E-state index in [4.69, 9.17) is 29.4 Å². The van der Waals surface area contributed by atoms with Crippen LogP contribution in [0.1, 0.15) is 99.0 Å². The second-order valence-electron chi connectivity index (χ2n) is 15.3. The van der Waals surface area contributed by atoms with E-state index in [1.165, 1.54) is 0 Å². The van der Waals surface area contributed by atoms with E-state index in [0.29, 0.717) is 64.8 Å². The SMILES string of the molecule is CC(C)C(=O)CCC(=O)CCOCCOCCOCCOCCC(=O)N[C@H](C(=O)C[C@@H](CCCNC(N)=O)C(=O)Nc1ccc(COC(C)(C)C)cc1)C(C)C. The Morgan fingerprint density at radius 3 is 1.79 bits per heavy atom. The van der Waals surface area contributed by atoms with Crippen molar-refractivity contribution in [3.8, 4) is 0 Å². The highest BCUT2D eigenvalue weighted by molar-refractivity contribution is 5.97. The minimum Gasteiger partial charge on any atom is -0.379 e. The summed E-state index contributed by atoms with van der Waals surface area (Å²) in [7, 11) is 0. The predicted octanol–water partition coefficient (Wildman–Crippen LogP) is 4.53. The van der Waals surface area contributed by atoms with E-state index in [2.05, 4.69) is 16.0 Å². The Morgan fingerprint density at radius 1 is 0.714 bits per heavy atom. The van der Waals surface area contributed by atoms with Gasteiger partial charge < -0.3 is 45.4 Å². The molecule has 0 aromatic heterocycles. The van der Waals surface area contributed by atoms with Gasteiger partial charge in [0.05, 0.1) is 71.1 Å². The van der Waals surface area contributed by atoms with E-state index < -0.39 is 18.0 Å². The number of hydrogen-bond donors (Lipinski definition) is 4. The van der Waals surface area contributed by atoms with Gasteiger partial charge in [0.2, 0.25) is 11.8 Å². The molecule has 56 heavy (non-hydrogen) atoms. The fraction of sp³-hybridized carbons (Fsp3) is 0.707. The lowest BCUT2D eigenvalue weighted by Crippen LogP contribution is -2.45. The van der Waals surface area contributed by atoms with Crippen molar-refractivity contribution in [1.29, 1.82) is 0 Å². The van der Waals surface area contributed by atoms with Gasteiger partial charge in [-0.25, -0.2) is 4.79 Å². The smallest absolute Gasteiger partial charge is 0.312 e. The maximum absolute atomic E-state index is 13.5. The minimum atomic E-state index is -0.800. The number of anilines is 1. The molecule has 0 unspecified atom stereocenters. The molecule has 0 aliphatic heterocycles. The number of rotatable bonds is 32. The summed E-state index contributed by atoms with van der Waals surface area (Å²) in [5.41, 5.74) is 6.42. The highest BCUT2D eigenvalue weighted by atomic mass is 16.6. The molecule has 0 aliphatic rings. The number of carbonyl (C=O) groups excluding carboxylic acids is 6. The molecule has 0 radical (unpaired) electrons. The summed E-state index contributed by atoms with van der Waals surface area (Å²) in [6.45, 7) is 16.3. The van der Waals surface area contributed by atoms with Gasteiger partial charge in [-0.05, 0) is 57.2 Å². The van der Waals surface area contributed by atoms with Crippen molar-refractivity contribution in [2.45, 2.75) is 112 Å². The zero-order chi connectivity index (χ0) is 41.9. The molecule has 4 amide bonds. The van der Waals surface area contributed by atoms with Gasteiger partial charge in [0.1, 0.15) is 11.6 Å². The molecule has 0 heterocycles. The van der Waals surface area contributed by atoms with E-state index in [1.807, 2.05) is 60.6 Å². The van der Waals surface area contributed by atoms with Crippen LogP contribution in [0.5, 0.6) is 0 Å². The second-order valence-corrected chi connectivity index (χ2v) is 15.3. The van der Waals surface area contributed by atoms with Crippen molar-refractivity contribution in [3.05, 3.63) is 29.8 Å². The predicted molar refractivity (Wildman–Crippen MR) is 213 cm³/mol. The summed E-state index contributed by atoms with van der Waals surface area (Å²) in [5, 5.41) is 8.22. The number of ether oxygens (including phenoxy) is 5. The van der Waals surface area contributed by atoms with Gasteiger partial charge in [-0.15, -0.1) is 0 Å². The first kappa shape index (κ1) is 50.3. The largest absolute Gasteiger partial charge is 0.379 e. The zero-order valence-electron chi connectivity index (χ0n) is 34.7. The van der Waals surface area contributed by atoms with Crippen LogP contribution in [0, 0.1) is 17.8 Å². The van der Waals surface area contributed by atoms with Gasteiger partial charge in [0.15, 0.2) is 5.78 Å². The molecule has 318 valence electrons. The first-order chi connectivity index (χ1) is 26.5. The van der Waals surface area contributed by atoms with E-state index in [9.17, 15) is 28.8 Å². The van der Waals surface area contributed by atoms with E-state index >= 15 is 0 Å². The van der Waals surface area contributed by atoms with Gasteiger partial charge in [0.25, 0.3) is 0 Å². The van der Waals surface area contributed by atoms with E-state index in [1.54, 1.807) is 12.1 Å². The Bertz CT molecular complexity index is 1330. The molecule has 15 nitrogen and oxygen atoms in total. The molecule has 15 heteroatoms. The maximum atomic E-state index is 13.5. The maximum Gasteiger partial charge on any atom is 0.312 e. The molecule has 0 aliphatic carbocycles. The van der Waals surface area contributed by atoms with Gasteiger partial charge >= 0.3 is 6.03 Å². The van der Waals surface area contributed by atoms with Crippen LogP contribution >= 0.6 is 0 Å². The first-order valence-corrected chi connectivity index (χ1v) is 19.7. The zero-order valence-corrected chi connectivity index (χ0v) is 34.7. The lowest BCUT2D eigenvalue weighted by atomic mass is 9.89. The molecule has 0 saturated heterocycles. The number of primary amides is 1. The summed E-state index contributed by atoms with van der Waals surface area (Å²) in [6, 6.07) is 5.83. The standard InChI is InChI=1S/C41H68N4O11/c1-29(2)35(47)15-14-34(46)16-19-52-21-23-54-25-26-55-24-22-53-20-17-37(49)45-38(30(3)4)36(48)27-32(9-8-18-43-40(42)51)39(50)44-33-12-10-31(11-13-33)28-56-41(5,6)7/h10-13,29-30,32,38H,8-9,14-28H2,1-7H3,(H,44,50)(H,45,49)(H3,42,43,51)/t32-,38+/m1/s1.